The average molecular weight is 155 g/mol. The van der Waals surface area contributed by atoms with E-state index in [0.29, 0.717) is 17.9 Å². The van der Waals surface area contributed by atoms with Crippen LogP contribution in [0.3, 0.4) is 0 Å². The van der Waals surface area contributed by atoms with E-state index in [2.05, 4.69) is 0 Å². The highest BCUT2D eigenvalue weighted by Crippen LogP contribution is 2.48. The van der Waals surface area contributed by atoms with Crippen LogP contribution in [0.2, 0.25) is 0 Å². The van der Waals surface area contributed by atoms with Crippen LogP contribution in [0.25, 0.3) is 0 Å². The Bertz CT molecular complexity index is 193. The predicted octanol–water partition coefficient (Wildman–Crippen LogP) is 0.444. The van der Waals surface area contributed by atoms with E-state index in [9.17, 15) is 4.79 Å². The van der Waals surface area contributed by atoms with E-state index in [1.54, 1.807) is 0 Å². The van der Waals surface area contributed by atoms with E-state index < -0.39 is 5.97 Å². The standard InChI is InChI=1S/C8H13NO2/c9-7-3-4-1-5(8(10)11)2-6(4)7/h4-7H,1-3,9H2,(H,10,11). The molecule has 0 spiro atoms. The molecule has 11 heavy (non-hydrogen) atoms. The first-order chi connectivity index (χ1) is 5.18. The van der Waals surface area contributed by atoms with Gasteiger partial charge in [0.15, 0.2) is 0 Å². The smallest absolute Gasteiger partial charge is 0.306 e. The molecule has 0 aliphatic heterocycles. The van der Waals surface area contributed by atoms with Crippen molar-refractivity contribution < 1.29 is 9.90 Å². The summed E-state index contributed by atoms with van der Waals surface area (Å²) in [5.74, 6) is 0.423. The Morgan fingerprint density at radius 2 is 2.09 bits per heavy atom. The maximum Gasteiger partial charge on any atom is 0.306 e. The molecule has 0 heterocycles. The minimum atomic E-state index is -0.633. The SMILES string of the molecule is NC1CC2CC(C(=O)O)CC12. The zero-order chi connectivity index (χ0) is 8.01. The monoisotopic (exact) mass is 155 g/mol. The van der Waals surface area contributed by atoms with Crippen LogP contribution in [-0.4, -0.2) is 17.1 Å². The zero-order valence-corrected chi connectivity index (χ0v) is 6.36. The minimum Gasteiger partial charge on any atom is -0.481 e. The number of hydrogen-bond donors (Lipinski definition) is 2. The number of hydrogen-bond acceptors (Lipinski definition) is 2. The van der Waals surface area contributed by atoms with Gasteiger partial charge in [-0.05, 0) is 31.1 Å². The van der Waals surface area contributed by atoms with Crippen molar-refractivity contribution >= 4 is 5.97 Å². The van der Waals surface area contributed by atoms with Gasteiger partial charge in [-0.25, -0.2) is 0 Å². The van der Waals surface area contributed by atoms with Crippen LogP contribution < -0.4 is 5.73 Å². The lowest BCUT2D eigenvalue weighted by molar-refractivity contribution is -0.141. The van der Waals surface area contributed by atoms with Crippen LogP contribution in [0.4, 0.5) is 0 Å². The Labute approximate surface area is 65.6 Å². The van der Waals surface area contributed by atoms with Crippen molar-refractivity contribution in [2.45, 2.75) is 25.3 Å². The fourth-order valence-corrected chi connectivity index (χ4v) is 2.48. The zero-order valence-electron chi connectivity index (χ0n) is 6.36. The molecule has 4 unspecified atom stereocenters. The second-order valence-electron chi connectivity index (χ2n) is 3.83. The van der Waals surface area contributed by atoms with Crippen LogP contribution in [0.5, 0.6) is 0 Å². The summed E-state index contributed by atoms with van der Waals surface area (Å²) in [6.45, 7) is 0. The molecular formula is C8H13NO2. The minimum absolute atomic E-state index is 0.0986. The molecule has 0 aromatic rings. The van der Waals surface area contributed by atoms with Gasteiger partial charge >= 0.3 is 5.97 Å². The lowest BCUT2D eigenvalue weighted by atomic mass is 9.72. The molecule has 2 rings (SSSR count). The van der Waals surface area contributed by atoms with E-state index >= 15 is 0 Å². The molecule has 2 saturated carbocycles. The number of rotatable bonds is 1. The molecule has 3 N–H and O–H groups in total. The molecule has 2 aliphatic carbocycles. The van der Waals surface area contributed by atoms with Crippen LogP contribution in [0.1, 0.15) is 19.3 Å². The topological polar surface area (TPSA) is 63.3 Å². The van der Waals surface area contributed by atoms with Crippen molar-refractivity contribution in [3.05, 3.63) is 0 Å². The first-order valence-corrected chi connectivity index (χ1v) is 4.17. The largest absolute Gasteiger partial charge is 0.481 e. The first kappa shape index (κ1) is 7.10. The molecule has 0 radical (unpaired) electrons. The summed E-state index contributed by atoms with van der Waals surface area (Å²) < 4.78 is 0. The highest BCUT2D eigenvalue weighted by atomic mass is 16.4. The second kappa shape index (κ2) is 2.21. The van der Waals surface area contributed by atoms with Gasteiger partial charge in [-0.1, -0.05) is 0 Å². The molecule has 2 aliphatic rings. The fraction of sp³-hybridized carbons (Fsp3) is 0.875. The lowest BCUT2D eigenvalue weighted by Gasteiger charge is -2.37. The summed E-state index contributed by atoms with van der Waals surface area (Å²) in [5, 5.41) is 8.72. The van der Waals surface area contributed by atoms with Gasteiger partial charge in [-0.3, -0.25) is 4.79 Å². The van der Waals surface area contributed by atoms with E-state index in [1.165, 1.54) is 0 Å². The van der Waals surface area contributed by atoms with E-state index in [1.807, 2.05) is 0 Å². The van der Waals surface area contributed by atoms with Gasteiger partial charge in [-0.15, -0.1) is 0 Å². The molecular weight excluding hydrogens is 142 g/mol. The predicted molar refractivity (Wildman–Crippen MR) is 39.9 cm³/mol. The van der Waals surface area contributed by atoms with Crippen molar-refractivity contribution in [3.8, 4) is 0 Å². The van der Waals surface area contributed by atoms with Crippen molar-refractivity contribution in [2.24, 2.45) is 23.5 Å². The summed E-state index contributed by atoms with van der Waals surface area (Å²) in [4.78, 5) is 10.6. The second-order valence-corrected chi connectivity index (χ2v) is 3.83. The van der Waals surface area contributed by atoms with Gasteiger partial charge in [0.1, 0.15) is 0 Å². The van der Waals surface area contributed by atoms with E-state index in [0.717, 1.165) is 19.3 Å². The molecule has 2 fully saturated rings. The number of carbonyl (C=O) groups is 1. The molecule has 3 heteroatoms. The van der Waals surface area contributed by atoms with Crippen LogP contribution in [-0.2, 0) is 4.79 Å². The van der Waals surface area contributed by atoms with Gasteiger partial charge in [0.25, 0.3) is 0 Å². The van der Waals surface area contributed by atoms with Gasteiger partial charge in [0.2, 0.25) is 0 Å². The first-order valence-electron chi connectivity index (χ1n) is 4.17. The normalized spacial score (nSPS) is 48.1. The average Bonchev–Trinajstić information content (AvgIpc) is 2.26. The molecule has 3 nitrogen and oxygen atoms in total. The highest BCUT2D eigenvalue weighted by Gasteiger charge is 2.47. The number of aliphatic carboxylic acids is 1. The molecule has 0 amide bonds. The summed E-state index contributed by atoms with van der Waals surface area (Å²) in [7, 11) is 0. The maximum absolute atomic E-state index is 10.6. The summed E-state index contributed by atoms with van der Waals surface area (Å²) in [5.41, 5.74) is 5.73. The van der Waals surface area contributed by atoms with Crippen LogP contribution in [0, 0.1) is 17.8 Å². The van der Waals surface area contributed by atoms with Gasteiger partial charge in [0.05, 0.1) is 5.92 Å². The van der Waals surface area contributed by atoms with E-state index in [4.69, 9.17) is 10.8 Å². The number of fused-ring (bicyclic) bond motifs is 1. The third kappa shape index (κ3) is 0.948. The van der Waals surface area contributed by atoms with Gasteiger partial charge in [-0.2, -0.15) is 0 Å². The van der Waals surface area contributed by atoms with Crippen molar-refractivity contribution in [1.82, 2.24) is 0 Å². The molecule has 0 saturated heterocycles. The molecule has 0 aromatic carbocycles. The quantitative estimate of drug-likeness (QED) is 0.577. The Hall–Kier alpha value is -0.570. The lowest BCUT2D eigenvalue weighted by Crippen LogP contribution is -2.44. The Morgan fingerprint density at radius 3 is 2.55 bits per heavy atom. The van der Waals surface area contributed by atoms with Gasteiger partial charge < -0.3 is 10.8 Å². The third-order valence-corrected chi connectivity index (χ3v) is 3.22. The van der Waals surface area contributed by atoms with Crippen molar-refractivity contribution in [2.75, 3.05) is 0 Å². The molecule has 4 atom stereocenters. The molecule has 0 aromatic heterocycles. The summed E-state index contributed by atoms with van der Waals surface area (Å²) in [6.07, 6.45) is 2.74. The number of carboxylic acids is 1. The summed E-state index contributed by atoms with van der Waals surface area (Å²) in [6, 6.07) is 0.296. The molecule has 62 valence electrons. The Morgan fingerprint density at radius 1 is 1.36 bits per heavy atom. The van der Waals surface area contributed by atoms with Crippen molar-refractivity contribution in [3.63, 3.8) is 0 Å². The van der Waals surface area contributed by atoms with Crippen LogP contribution in [0.15, 0.2) is 0 Å². The Kier molecular flexibility index (Phi) is 1.42. The number of nitrogens with two attached hydrogens (primary N) is 1. The summed E-state index contributed by atoms with van der Waals surface area (Å²) >= 11 is 0. The van der Waals surface area contributed by atoms with E-state index in [-0.39, 0.29) is 5.92 Å². The third-order valence-electron chi connectivity index (χ3n) is 3.22. The van der Waals surface area contributed by atoms with Gasteiger partial charge in [0, 0.05) is 6.04 Å². The van der Waals surface area contributed by atoms with Crippen LogP contribution >= 0.6 is 0 Å². The highest BCUT2D eigenvalue weighted by molar-refractivity contribution is 5.70. The van der Waals surface area contributed by atoms with Crippen molar-refractivity contribution in [1.29, 1.82) is 0 Å². The number of carboxylic acid groups (broad SMARTS) is 1. The Balaban J connectivity index is 1.98. The fourth-order valence-electron chi connectivity index (χ4n) is 2.48. The molecule has 0 bridgehead atoms. The maximum atomic E-state index is 10.6.